The third-order valence-electron chi connectivity index (χ3n) is 3.51. The Labute approximate surface area is 125 Å². The lowest BCUT2D eigenvalue weighted by Gasteiger charge is -2.20. The summed E-state index contributed by atoms with van der Waals surface area (Å²) in [6.07, 6.45) is 4.54. The Balaban J connectivity index is 2.50. The number of nitrogens with two attached hydrogens (primary N) is 1. The number of hydrogen-bond acceptors (Lipinski definition) is 5. The molecule has 0 spiro atoms. The third kappa shape index (κ3) is 3.32. The van der Waals surface area contributed by atoms with Crippen molar-refractivity contribution in [1.29, 1.82) is 0 Å². The van der Waals surface area contributed by atoms with E-state index in [1.165, 1.54) is 0 Å². The van der Waals surface area contributed by atoms with Crippen LogP contribution in [0.4, 0.5) is 0 Å². The van der Waals surface area contributed by atoms with Gasteiger partial charge >= 0.3 is 0 Å². The van der Waals surface area contributed by atoms with Crippen LogP contribution in [0.15, 0.2) is 36.7 Å². The molecular weight excluding hydrogens is 266 g/mol. The molecule has 0 aliphatic rings. The highest BCUT2D eigenvalue weighted by Crippen LogP contribution is 2.30. The minimum atomic E-state index is -0.146. The molecule has 0 fully saturated rings. The highest BCUT2D eigenvalue weighted by molar-refractivity contribution is 5.44. The summed E-state index contributed by atoms with van der Waals surface area (Å²) in [5.74, 6) is 7.26. The number of hydrazine groups is 1. The maximum atomic E-state index is 5.79. The first-order valence-electron chi connectivity index (χ1n) is 6.85. The molecule has 2 aromatic rings. The van der Waals surface area contributed by atoms with Gasteiger partial charge in [-0.05, 0) is 41.3 Å². The van der Waals surface area contributed by atoms with Gasteiger partial charge in [-0.15, -0.1) is 0 Å². The molecule has 5 nitrogen and oxygen atoms in total. The highest BCUT2D eigenvalue weighted by Gasteiger charge is 2.17. The largest absolute Gasteiger partial charge is 0.497 e. The summed E-state index contributed by atoms with van der Waals surface area (Å²) in [5, 5.41) is 0. The number of aryl methyl sites for hydroxylation is 1. The van der Waals surface area contributed by atoms with E-state index in [1.54, 1.807) is 20.4 Å². The molecule has 0 aliphatic carbocycles. The van der Waals surface area contributed by atoms with Crippen molar-refractivity contribution in [2.75, 3.05) is 14.2 Å². The van der Waals surface area contributed by atoms with Crippen LogP contribution in [0.5, 0.6) is 11.5 Å². The number of rotatable bonds is 6. The Hall–Kier alpha value is -2.11. The van der Waals surface area contributed by atoms with Crippen LogP contribution in [0.3, 0.4) is 0 Å². The molecule has 1 aromatic heterocycles. The standard InChI is InChI=1S/C16H21N3O2/c1-4-11-10-18-6-5-15(11)16(19-17)12-7-13(20-2)9-14(8-12)21-3/h5-10,16,19H,4,17H2,1-3H3. The lowest BCUT2D eigenvalue weighted by molar-refractivity contribution is 0.392. The highest BCUT2D eigenvalue weighted by atomic mass is 16.5. The van der Waals surface area contributed by atoms with Gasteiger partial charge in [0.05, 0.1) is 20.3 Å². The Morgan fingerprint density at radius 2 is 1.86 bits per heavy atom. The number of nitrogens with one attached hydrogen (secondary N) is 1. The number of nitrogens with zero attached hydrogens (tertiary/aromatic N) is 1. The normalized spacial score (nSPS) is 12.0. The van der Waals surface area contributed by atoms with Crippen molar-refractivity contribution in [3.8, 4) is 11.5 Å². The van der Waals surface area contributed by atoms with Gasteiger partial charge in [0.25, 0.3) is 0 Å². The van der Waals surface area contributed by atoms with Crippen molar-refractivity contribution in [3.63, 3.8) is 0 Å². The fourth-order valence-electron chi connectivity index (χ4n) is 2.38. The van der Waals surface area contributed by atoms with Gasteiger partial charge < -0.3 is 9.47 Å². The molecule has 0 radical (unpaired) electrons. The van der Waals surface area contributed by atoms with Crippen LogP contribution >= 0.6 is 0 Å². The van der Waals surface area contributed by atoms with E-state index in [4.69, 9.17) is 15.3 Å². The van der Waals surface area contributed by atoms with Crippen LogP contribution in [-0.2, 0) is 6.42 Å². The first-order chi connectivity index (χ1) is 10.2. The van der Waals surface area contributed by atoms with Crippen LogP contribution in [0, 0.1) is 0 Å². The Kier molecular flexibility index (Phi) is 5.14. The van der Waals surface area contributed by atoms with Crippen LogP contribution in [0.1, 0.15) is 29.7 Å². The summed E-state index contributed by atoms with van der Waals surface area (Å²) in [6, 6.07) is 7.58. The zero-order valence-corrected chi connectivity index (χ0v) is 12.6. The average Bonchev–Trinajstić information content (AvgIpc) is 2.55. The van der Waals surface area contributed by atoms with E-state index in [9.17, 15) is 0 Å². The molecule has 112 valence electrons. The molecule has 0 bridgehead atoms. The SMILES string of the molecule is CCc1cnccc1C(NN)c1cc(OC)cc(OC)c1. The third-order valence-corrected chi connectivity index (χ3v) is 3.51. The Morgan fingerprint density at radius 1 is 1.19 bits per heavy atom. The second-order valence-electron chi connectivity index (χ2n) is 4.67. The molecule has 1 unspecified atom stereocenters. The minimum Gasteiger partial charge on any atom is -0.497 e. The van der Waals surface area contributed by atoms with Crippen LogP contribution in [0.25, 0.3) is 0 Å². The molecule has 5 heteroatoms. The monoisotopic (exact) mass is 287 g/mol. The summed E-state index contributed by atoms with van der Waals surface area (Å²) in [7, 11) is 3.26. The van der Waals surface area contributed by atoms with Crippen LogP contribution in [-0.4, -0.2) is 19.2 Å². The summed E-state index contributed by atoms with van der Waals surface area (Å²) < 4.78 is 10.6. The quantitative estimate of drug-likeness (QED) is 0.630. The van der Waals surface area contributed by atoms with E-state index < -0.39 is 0 Å². The predicted octanol–water partition coefficient (Wildman–Crippen LogP) is 2.21. The molecule has 0 amide bonds. The van der Waals surface area contributed by atoms with E-state index in [-0.39, 0.29) is 6.04 Å². The smallest absolute Gasteiger partial charge is 0.122 e. The van der Waals surface area contributed by atoms with Crippen LogP contribution in [0.2, 0.25) is 0 Å². The topological polar surface area (TPSA) is 69.4 Å². The van der Waals surface area contributed by atoms with Gasteiger partial charge in [0, 0.05) is 18.5 Å². The molecule has 1 heterocycles. The summed E-state index contributed by atoms with van der Waals surface area (Å²) in [4.78, 5) is 4.18. The zero-order valence-electron chi connectivity index (χ0n) is 12.6. The maximum absolute atomic E-state index is 5.79. The molecule has 0 aliphatic heterocycles. The Morgan fingerprint density at radius 3 is 2.38 bits per heavy atom. The summed E-state index contributed by atoms with van der Waals surface area (Å²) in [5.41, 5.74) is 6.11. The molecule has 21 heavy (non-hydrogen) atoms. The Bertz CT molecular complexity index is 580. The number of hydrogen-bond donors (Lipinski definition) is 2. The minimum absolute atomic E-state index is 0.146. The van der Waals surface area contributed by atoms with E-state index in [0.29, 0.717) is 0 Å². The zero-order chi connectivity index (χ0) is 15.2. The average molecular weight is 287 g/mol. The molecule has 1 atom stereocenters. The fraction of sp³-hybridized carbons (Fsp3) is 0.312. The molecule has 0 saturated carbocycles. The van der Waals surface area contributed by atoms with E-state index >= 15 is 0 Å². The predicted molar refractivity (Wildman–Crippen MR) is 82.3 cm³/mol. The van der Waals surface area contributed by atoms with Crippen LogP contribution < -0.4 is 20.7 Å². The number of aromatic nitrogens is 1. The molecule has 1 aromatic carbocycles. The van der Waals surface area contributed by atoms with Gasteiger partial charge in [-0.1, -0.05) is 6.92 Å². The number of ether oxygens (including phenoxy) is 2. The van der Waals surface area contributed by atoms with Gasteiger partial charge in [-0.25, -0.2) is 5.43 Å². The van der Waals surface area contributed by atoms with Gasteiger partial charge in [0.15, 0.2) is 0 Å². The maximum Gasteiger partial charge on any atom is 0.122 e. The lowest BCUT2D eigenvalue weighted by atomic mass is 9.95. The van der Waals surface area contributed by atoms with Crippen molar-refractivity contribution in [1.82, 2.24) is 10.4 Å². The molecule has 2 rings (SSSR count). The summed E-state index contributed by atoms with van der Waals surface area (Å²) in [6.45, 7) is 2.10. The fourth-order valence-corrected chi connectivity index (χ4v) is 2.38. The van der Waals surface area contributed by atoms with Crippen molar-refractivity contribution in [2.45, 2.75) is 19.4 Å². The molecule has 3 N–H and O–H groups in total. The number of methoxy groups -OCH3 is 2. The second-order valence-corrected chi connectivity index (χ2v) is 4.67. The van der Waals surface area contributed by atoms with Gasteiger partial charge in [-0.2, -0.15) is 0 Å². The van der Waals surface area contributed by atoms with Crippen molar-refractivity contribution in [2.24, 2.45) is 5.84 Å². The number of benzene rings is 1. The van der Waals surface area contributed by atoms with Crippen molar-refractivity contribution < 1.29 is 9.47 Å². The van der Waals surface area contributed by atoms with E-state index in [0.717, 1.165) is 34.6 Å². The molecule has 0 saturated heterocycles. The van der Waals surface area contributed by atoms with E-state index in [1.807, 2.05) is 30.5 Å². The van der Waals surface area contributed by atoms with Gasteiger partial charge in [-0.3, -0.25) is 10.8 Å². The van der Waals surface area contributed by atoms with Crippen molar-refractivity contribution in [3.05, 3.63) is 53.3 Å². The first kappa shape index (κ1) is 15.3. The van der Waals surface area contributed by atoms with Gasteiger partial charge in [0.1, 0.15) is 11.5 Å². The van der Waals surface area contributed by atoms with Crippen molar-refractivity contribution >= 4 is 0 Å². The lowest BCUT2D eigenvalue weighted by Crippen LogP contribution is -2.29. The van der Waals surface area contributed by atoms with Gasteiger partial charge in [0.2, 0.25) is 0 Å². The number of pyridine rings is 1. The first-order valence-corrected chi connectivity index (χ1v) is 6.85. The molecular formula is C16H21N3O2. The summed E-state index contributed by atoms with van der Waals surface area (Å²) >= 11 is 0. The van der Waals surface area contributed by atoms with E-state index in [2.05, 4.69) is 17.3 Å². The second kappa shape index (κ2) is 7.06.